The van der Waals surface area contributed by atoms with Crippen molar-refractivity contribution in [3.05, 3.63) is 35.4 Å². The van der Waals surface area contributed by atoms with E-state index in [1.807, 2.05) is 25.1 Å². The van der Waals surface area contributed by atoms with E-state index in [0.29, 0.717) is 25.2 Å². The first kappa shape index (κ1) is 13.6. The SMILES string of the molecule is Cc1cccc(C(=O)N2CC(CN3C(=O)COC3=O)C2)c1. The topological polar surface area (TPSA) is 66.9 Å². The molecular weight excluding hydrogens is 272 g/mol. The predicted octanol–water partition coefficient (Wildman–Crippen LogP) is 1.05. The van der Waals surface area contributed by atoms with Crippen molar-refractivity contribution >= 4 is 17.9 Å². The van der Waals surface area contributed by atoms with Crippen molar-refractivity contribution in [2.45, 2.75) is 6.92 Å². The van der Waals surface area contributed by atoms with Gasteiger partial charge in [-0.15, -0.1) is 0 Å². The predicted molar refractivity (Wildman–Crippen MR) is 73.6 cm³/mol. The average Bonchev–Trinajstić information content (AvgIpc) is 2.72. The second-order valence-corrected chi connectivity index (χ2v) is 5.50. The molecule has 1 aromatic rings. The van der Waals surface area contributed by atoms with Crippen molar-refractivity contribution in [1.29, 1.82) is 0 Å². The molecule has 110 valence electrons. The molecule has 1 aromatic carbocycles. The Morgan fingerprint density at radius 1 is 1.33 bits per heavy atom. The number of ether oxygens (including phenoxy) is 1. The zero-order valence-electron chi connectivity index (χ0n) is 11.7. The summed E-state index contributed by atoms with van der Waals surface area (Å²) in [5, 5.41) is 0. The molecule has 0 bridgehead atoms. The van der Waals surface area contributed by atoms with Crippen LogP contribution >= 0.6 is 0 Å². The Morgan fingerprint density at radius 3 is 2.71 bits per heavy atom. The fourth-order valence-corrected chi connectivity index (χ4v) is 2.63. The number of hydrogen-bond acceptors (Lipinski definition) is 4. The van der Waals surface area contributed by atoms with Crippen LogP contribution in [0.3, 0.4) is 0 Å². The first-order chi connectivity index (χ1) is 10.0. The van der Waals surface area contributed by atoms with Gasteiger partial charge in [-0.25, -0.2) is 9.69 Å². The second kappa shape index (κ2) is 5.20. The molecule has 0 unspecified atom stereocenters. The van der Waals surface area contributed by atoms with E-state index in [4.69, 9.17) is 0 Å². The van der Waals surface area contributed by atoms with Crippen molar-refractivity contribution < 1.29 is 19.1 Å². The van der Waals surface area contributed by atoms with Gasteiger partial charge < -0.3 is 9.64 Å². The number of carbonyl (C=O) groups is 3. The summed E-state index contributed by atoms with van der Waals surface area (Å²) in [4.78, 5) is 37.9. The van der Waals surface area contributed by atoms with Gasteiger partial charge in [0.25, 0.3) is 11.8 Å². The summed E-state index contributed by atoms with van der Waals surface area (Å²) in [5.41, 5.74) is 1.72. The second-order valence-electron chi connectivity index (χ2n) is 5.50. The molecule has 2 aliphatic rings. The van der Waals surface area contributed by atoms with Crippen LogP contribution in [0.1, 0.15) is 15.9 Å². The lowest BCUT2D eigenvalue weighted by Crippen LogP contribution is -2.54. The molecule has 2 aliphatic heterocycles. The minimum atomic E-state index is -0.580. The molecule has 0 saturated carbocycles. The maximum Gasteiger partial charge on any atom is 0.417 e. The van der Waals surface area contributed by atoms with Crippen molar-refractivity contribution in [3.8, 4) is 0 Å². The van der Waals surface area contributed by atoms with Gasteiger partial charge in [0.05, 0.1) is 0 Å². The fourth-order valence-electron chi connectivity index (χ4n) is 2.63. The zero-order chi connectivity index (χ0) is 15.0. The minimum Gasteiger partial charge on any atom is -0.439 e. The van der Waals surface area contributed by atoms with Crippen LogP contribution in [0.25, 0.3) is 0 Å². The van der Waals surface area contributed by atoms with E-state index in [0.717, 1.165) is 10.5 Å². The molecule has 6 heteroatoms. The number of hydrogen-bond donors (Lipinski definition) is 0. The zero-order valence-corrected chi connectivity index (χ0v) is 11.7. The van der Waals surface area contributed by atoms with Gasteiger partial charge >= 0.3 is 6.09 Å². The largest absolute Gasteiger partial charge is 0.439 e. The number of rotatable bonds is 3. The maximum absolute atomic E-state index is 12.2. The van der Waals surface area contributed by atoms with Crippen LogP contribution in [0, 0.1) is 12.8 Å². The van der Waals surface area contributed by atoms with E-state index in [-0.39, 0.29) is 24.3 Å². The summed E-state index contributed by atoms with van der Waals surface area (Å²) < 4.78 is 4.66. The highest BCUT2D eigenvalue weighted by Gasteiger charge is 2.38. The number of cyclic esters (lactones) is 1. The highest BCUT2D eigenvalue weighted by Crippen LogP contribution is 2.21. The molecule has 3 rings (SSSR count). The van der Waals surface area contributed by atoms with E-state index < -0.39 is 6.09 Å². The van der Waals surface area contributed by atoms with E-state index in [9.17, 15) is 14.4 Å². The third-order valence-corrected chi connectivity index (χ3v) is 3.79. The number of aryl methyl sites for hydroxylation is 1. The van der Waals surface area contributed by atoms with Crippen molar-refractivity contribution in [3.63, 3.8) is 0 Å². The molecule has 0 aromatic heterocycles. The Hall–Kier alpha value is -2.37. The summed E-state index contributed by atoms with van der Waals surface area (Å²) >= 11 is 0. The number of benzene rings is 1. The molecule has 21 heavy (non-hydrogen) atoms. The van der Waals surface area contributed by atoms with Gasteiger partial charge in [0.15, 0.2) is 6.61 Å². The Balaban J connectivity index is 1.55. The summed E-state index contributed by atoms with van der Waals surface area (Å²) in [6.07, 6.45) is -0.580. The molecular formula is C15H16N2O4. The average molecular weight is 288 g/mol. The van der Waals surface area contributed by atoms with Gasteiger partial charge in [-0.2, -0.15) is 0 Å². The van der Waals surface area contributed by atoms with E-state index in [1.165, 1.54) is 0 Å². The third-order valence-electron chi connectivity index (χ3n) is 3.79. The quantitative estimate of drug-likeness (QED) is 0.833. The Kier molecular flexibility index (Phi) is 3.37. The van der Waals surface area contributed by atoms with E-state index in [2.05, 4.69) is 4.74 Å². The number of amides is 3. The van der Waals surface area contributed by atoms with Crippen molar-refractivity contribution in [1.82, 2.24) is 9.80 Å². The minimum absolute atomic E-state index is 0.00900. The summed E-state index contributed by atoms with van der Waals surface area (Å²) in [6, 6.07) is 7.46. The standard InChI is InChI=1S/C15H16N2O4/c1-10-3-2-4-12(5-10)14(19)16-6-11(7-16)8-17-13(18)9-21-15(17)20/h2-5,11H,6-9H2,1H3. The molecule has 2 fully saturated rings. The molecule has 2 saturated heterocycles. The van der Waals surface area contributed by atoms with Crippen LogP contribution in [-0.2, 0) is 9.53 Å². The van der Waals surface area contributed by atoms with Crippen LogP contribution in [0.5, 0.6) is 0 Å². The smallest absolute Gasteiger partial charge is 0.417 e. The Labute approximate surface area is 122 Å². The number of imide groups is 1. The van der Waals surface area contributed by atoms with Crippen molar-refractivity contribution in [2.24, 2.45) is 5.92 Å². The number of likely N-dealkylation sites (tertiary alicyclic amines) is 1. The molecule has 3 amide bonds. The molecule has 2 heterocycles. The third kappa shape index (κ3) is 2.61. The fraction of sp³-hybridized carbons (Fsp3) is 0.400. The first-order valence-electron chi connectivity index (χ1n) is 6.87. The molecule has 0 radical (unpaired) electrons. The lowest BCUT2D eigenvalue weighted by molar-refractivity contribution is -0.126. The monoisotopic (exact) mass is 288 g/mol. The highest BCUT2D eigenvalue weighted by atomic mass is 16.6. The lowest BCUT2D eigenvalue weighted by atomic mass is 9.98. The van der Waals surface area contributed by atoms with Gasteiger partial charge in [-0.05, 0) is 19.1 Å². The molecule has 0 aliphatic carbocycles. The van der Waals surface area contributed by atoms with Crippen LogP contribution < -0.4 is 0 Å². The summed E-state index contributed by atoms with van der Waals surface area (Å²) in [7, 11) is 0. The van der Waals surface area contributed by atoms with E-state index in [1.54, 1.807) is 11.0 Å². The van der Waals surface area contributed by atoms with Gasteiger partial charge in [0.1, 0.15) is 0 Å². The summed E-state index contributed by atoms with van der Waals surface area (Å²) in [5.74, 6) is -0.179. The summed E-state index contributed by atoms with van der Waals surface area (Å²) in [6.45, 7) is 3.22. The molecule has 0 spiro atoms. The van der Waals surface area contributed by atoms with E-state index >= 15 is 0 Å². The van der Waals surface area contributed by atoms with Gasteiger partial charge in [0, 0.05) is 31.1 Å². The van der Waals surface area contributed by atoms with Crippen molar-refractivity contribution in [2.75, 3.05) is 26.2 Å². The van der Waals surface area contributed by atoms with Gasteiger partial charge in [-0.3, -0.25) is 9.59 Å². The maximum atomic E-state index is 12.2. The van der Waals surface area contributed by atoms with Crippen LogP contribution in [0.15, 0.2) is 24.3 Å². The number of nitrogens with zero attached hydrogens (tertiary/aromatic N) is 2. The first-order valence-corrected chi connectivity index (χ1v) is 6.87. The Morgan fingerprint density at radius 2 is 2.10 bits per heavy atom. The molecule has 6 nitrogen and oxygen atoms in total. The van der Waals surface area contributed by atoms with Gasteiger partial charge in [0.2, 0.25) is 0 Å². The normalized spacial score (nSPS) is 18.7. The lowest BCUT2D eigenvalue weighted by Gasteiger charge is -2.40. The van der Waals surface area contributed by atoms with Crippen LogP contribution in [-0.4, -0.2) is 53.9 Å². The highest BCUT2D eigenvalue weighted by molar-refractivity contribution is 5.98. The molecule has 0 N–H and O–H groups in total. The van der Waals surface area contributed by atoms with Crippen LogP contribution in [0.2, 0.25) is 0 Å². The van der Waals surface area contributed by atoms with Gasteiger partial charge in [-0.1, -0.05) is 17.7 Å². The van der Waals surface area contributed by atoms with Crippen LogP contribution in [0.4, 0.5) is 4.79 Å². The molecule has 0 atom stereocenters. The number of carbonyl (C=O) groups excluding carboxylic acids is 3. The Bertz CT molecular complexity index is 591.